The van der Waals surface area contributed by atoms with Gasteiger partial charge in [0.15, 0.2) is 5.11 Å². The summed E-state index contributed by atoms with van der Waals surface area (Å²) in [6.45, 7) is 6.64. The average Bonchev–Trinajstić information content (AvgIpc) is 2.39. The van der Waals surface area contributed by atoms with Crippen LogP contribution in [0.4, 0.5) is 10.1 Å². The molecule has 1 aromatic carbocycles. The van der Waals surface area contributed by atoms with E-state index >= 15 is 0 Å². The van der Waals surface area contributed by atoms with E-state index in [2.05, 4.69) is 29.4 Å². The zero-order chi connectivity index (χ0) is 14.5. The van der Waals surface area contributed by atoms with Crippen molar-refractivity contribution in [2.75, 3.05) is 18.4 Å². The van der Waals surface area contributed by atoms with Crippen molar-refractivity contribution in [2.45, 2.75) is 38.8 Å². The lowest BCUT2D eigenvalue weighted by Crippen LogP contribution is -2.47. The molecule has 1 aromatic rings. The number of hydrogen-bond acceptors (Lipinski definition) is 2. The van der Waals surface area contributed by atoms with Crippen molar-refractivity contribution in [1.29, 1.82) is 0 Å². The van der Waals surface area contributed by atoms with Gasteiger partial charge < -0.3 is 15.5 Å². The van der Waals surface area contributed by atoms with E-state index in [0.717, 1.165) is 25.9 Å². The van der Waals surface area contributed by atoms with Crippen molar-refractivity contribution >= 4 is 23.0 Å². The molecule has 20 heavy (non-hydrogen) atoms. The zero-order valence-electron chi connectivity index (χ0n) is 12.0. The van der Waals surface area contributed by atoms with E-state index in [4.69, 9.17) is 12.2 Å². The van der Waals surface area contributed by atoms with E-state index < -0.39 is 0 Å². The molecule has 2 rings (SSSR count). The summed E-state index contributed by atoms with van der Waals surface area (Å²) in [7, 11) is 0. The van der Waals surface area contributed by atoms with E-state index in [1.54, 1.807) is 12.1 Å². The highest BCUT2D eigenvalue weighted by Crippen LogP contribution is 2.14. The summed E-state index contributed by atoms with van der Waals surface area (Å²) in [5.41, 5.74) is 0.683. The Balaban J connectivity index is 1.78. The van der Waals surface area contributed by atoms with Crippen molar-refractivity contribution in [2.24, 2.45) is 0 Å². The van der Waals surface area contributed by atoms with E-state index in [9.17, 15) is 4.39 Å². The van der Waals surface area contributed by atoms with Crippen molar-refractivity contribution < 1.29 is 4.39 Å². The molecule has 0 saturated carbocycles. The highest BCUT2D eigenvalue weighted by atomic mass is 32.1. The Hall–Kier alpha value is -1.20. The van der Waals surface area contributed by atoms with Crippen LogP contribution in [0.3, 0.4) is 0 Å². The molecule has 1 saturated heterocycles. The van der Waals surface area contributed by atoms with E-state index in [1.807, 2.05) is 0 Å². The van der Waals surface area contributed by atoms with E-state index in [0.29, 0.717) is 22.9 Å². The molecule has 1 aliphatic rings. The second-order valence-corrected chi connectivity index (χ2v) is 5.92. The lowest BCUT2D eigenvalue weighted by atomic mass is 10.0. The Morgan fingerprint density at radius 2 is 2.05 bits per heavy atom. The maximum absolute atomic E-state index is 13.1. The molecule has 110 valence electrons. The largest absolute Gasteiger partial charge is 0.360 e. The summed E-state index contributed by atoms with van der Waals surface area (Å²) >= 11 is 5.28. The van der Waals surface area contributed by atoms with Crippen LogP contribution in [0.5, 0.6) is 0 Å². The minimum absolute atomic E-state index is 0.261. The molecule has 0 radical (unpaired) electrons. The van der Waals surface area contributed by atoms with Gasteiger partial charge in [-0.2, -0.15) is 0 Å². The maximum atomic E-state index is 13.1. The molecule has 1 aliphatic heterocycles. The van der Waals surface area contributed by atoms with Gasteiger partial charge >= 0.3 is 0 Å². The molecule has 0 atom stereocenters. The molecule has 5 heteroatoms. The molecule has 2 N–H and O–H groups in total. The van der Waals surface area contributed by atoms with Crippen LogP contribution in [0.1, 0.15) is 26.7 Å². The third-order valence-corrected chi connectivity index (χ3v) is 3.90. The third-order valence-electron chi connectivity index (χ3n) is 3.68. The Morgan fingerprint density at radius 1 is 1.35 bits per heavy atom. The van der Waals surface area contributed by atoms with Gasteiger partial charge in [-0.25, -0.2) is 4.39 Å². The second-order valence-electron chi connectivity index (χ2n) is 5.51. The van der Waals surface area contributed by atoms with Gasteiger partial charge in [-0.15, -0.1) is 0 Å². The van der Waals surface area contributed by atoms with Crippen LogP contribution in [0.2, 0.25) is 0 Å². The summed E-state index contributed by atoms with van der Waals surface area (Å²) in [5, 5.41) is 6.92. The monoisotopic (exact) mass is 295 g/mol. The fourth-order valence-electron chi connectivity index (χ4n) is 2.48. The van der Waals surface area contributed by atoms with E-state index in [1.165, 1.54) is 12.1 Å². The van der Waals surface area contributed by atoms with Crippen molar-refractivity contribution in [3.63, 3.8) is 0 Å². The molecular formula is C15H22FN3S. The first-order chi connectivity index (χ1) is 9.54. The number of halogens is 1. The van der Waals surface area contributed by atoms with Gasteiger partial charge in [0, 0.05) is 30.9 Å². The van der Waals surface area contributed by atoms with Gasteiger partial charge in [0.05, 0.1) is 0 Å². The van der Waals surface area contributed by atoms with Gasteiger partial charge in [0.2, 0.25) is 0 Å². The summed E-state index contributed by atoms with van der Waals surface area (Å²) in [5.74, 6) is -0.261. The molecule has 0 aromatic heterocycles. The Bertz CT molecular complexity index is 456. The fraction of sp³-hybridized carbons (Fsp3) is 0.533. The molecule has 0 bridgehead atoms. The van der Waals surface area contributed by atoms with Crippen LogP contribution in [0.15, 0.2) is 24.3 Å². The molecule has 0 unspecified atom stereocenters. The molecule has 3 nitrogen and oxygen atoms in total. The Kier molecular flexibility index (Phi) is 5.31. The fourth-order valence-corrected chi connectivity index (χ4v) is 2.76. The molecule has 1 heterocycles. The van der Waals surface area contributed by atoms with Crippen LogP contribution in [0.25, 0.3) is 0 Å². The number of nitrogens with zero attached hydrogens (tertiary/aromatic N) is 1. The first-order valence-corrected chi connectivity index (χ1v) is 7.52. The van der Waals surface area contributed by atoms with Gasteiger partial charge in [-0.3, -0.25) is 0 Å². The van der Waals surface area contributed by atoms with Gasteiger partial charge in [-0.1, -0.05) is 6.07 Å². The van der Waals surface area contributed by atoms with Crippen molar-refractivity contribution in [3.05, 3.63) is 30.1 Å². The Morgan fingerprint density at radius 3 is 2.65 bits per heavy atom. The normalized spacial score (nSPS) is 17.2. The highest BCUT2D eigenvalue weighted by molar-refractivity contribution is 7.80. The minimum atomic E-state index is -0.261. The first kappa shape index (κ1) is 15.2. The summed E-state index contributed by atoms with van der Waals surface area (Å²) in [6.07, 6.45) is 2.17. The van der Waals surface area contributed by atoms with Crippen LogP contribution in [-0.2, 0) is 0 Å². The predicted molar refractivity (Wildman–Crippen MR) is 85.5 cm³/mol. The molecule has 0 aliphatic carbocycles. The smallest absolute Gasteiger partial charge is 0.170 e. The van der Waals surface area contributed by atoms with Gasteiger partial charge in [0.1, 0.15) is 5.82 Å². The second kappa shape index (κ2) is 6.99. The van der Waals surface area contributed by atoms with Crippen molar-refractivity contribution in [1.82, 2.24) is 10.2 Å². The standard InChI is InChI=1S/C15H22FN3S/c1-11(2)19-8-6-13(7-9-19)17-15(20)18-14-5-3-4-12(16)10-14/h3-5,10-11,13H,6-9H2,1-2H3,(H2,17,18,20). The topological polar surface area (TPSA) is 27.3 Å². The van der Waals surface area contributed by atoms with Crippen molar-refractivity contribution in [3.8, 4) is 0 Å². The summed E-state index contributed by atoms with van der Waals surface area (Å²) in [6, 6.07) is 7.34. The molecular weight excluding hydrogens is 273 g/mol. The number of piperidine rings is 1. The van der Waals surface area contributed by atoms with Crippen LogP contribution in [-0.4, -0.2) is 35.2 Å². The summed E-state index contributed by atoms with van der Waals surface area (Å²) in [4.78, 5) is 2.47. The number of benzene rings is 1. The number of hydrogen-bond donors (Lipinski definition) is 2. The average molecular weight is 295 g/mol. The predicted octanol–water partition coefficient (Wildman–Crippen LogP) is 2.98. The van der Waals surface area contributed by atoms with Crippen LogP contribution >= 0.6 is 12.2 Å². The lowest BCUT2D eigenvalue weighted by molar-refractivity contribution is 0.168. The van der Waals surface area contributed by atoms with Gasteiger partial charge in [0.25, 0.3) is 0 Å². The highest BCUT2D eigenvalue weighted by Gasteiger charge is 2.21. The molecule has 0 spiro atoms. The number of thiocarbonyl (C=S) groups is 1. The Labute approximate surface area is 125 Å². The lowest BCUT2D eigenvalue weighted by Gasteiger charge is -2.35. The van der Waals surface area contributed by atoms with Crippen LogP contribution in [0, 0.1) is 5.82 Å². The minimum Gasteiger partial charge on any atom is -0.360 e. The number of anilines is 1. The number of rotatable bonds is 3. The van der Waals surface area contributed by atoms with Crippen LogP contribution < -0.4 is 10.6 Å². The first-order valence-electron chi connectivity index (χ1n) is 7.12. The number of likely N-dealkylation sites (tertiary alicyclic amines) is 1. The quantitative estimate of drug-likeness (QED) is 0.838. The van der Waals surface area contributed by atoms with Gasteiger partial charge in [-0.05, 0) is 57.1 Å². The molecule has 0 amide bonds. The SMILES string of the molecule is CC(C)N1CCC(NC(=S)Nc2cccc(F)c2)CC1. The number of nitrogens with one attached hydrogen (secondary N) is 2. The molecule has 1 fully saturated rings. The van der Waals surface area contributed by atoms with E-state index in [-0.39, 0.29) is 5.82 Å². The zero-order valence-corrected chi connectivity index (χ0v) is 12.8. The maximum Gasteiger partial charge on any atom is 0.170 e. The third kappa shape index (κ3) is 4.42. The summed E-state index contributed by atoms with van der Waals surface area (Å²) < 4.78 is 13.1.